The summed E-state index contributed by atoms with van der Waals surface area (Å²) in [5, 5.41) is 8.13. The standard InChI is InChI=1S/C13H15N3O3/c1-9(17)16-5-2-10(3-6-16)12-14-15-13(19-12)11-4-7-18-8-11/h4,7-8,10H,2-3,5-6H2,1H3. The lowest BCUT2D eigenvalue weighted by Crippen LogP contribution is -2.36. The van der Waals surface area contributed by atoms with Gasteiger partial charge in [0.15, 0.2) is 0 Å². The predicted molar refractivity (Wildman–Crippen MR) is 66.2 cm³/mol. The van der Waals surface area contributed by atoms with Crippen LogP contribution in [0.3, 0.4) is 0 Å². The van der Waals surface area contributed by atoms with E-state index >= 15 is 0 Å². The average Bonchev–Trinajstić information content (AvgIpc) is 3.10. The molecule has 0 unspecified atom stereocenters. The van der Waals surface area contributed by atoms with Crippen LogP contribution >= 0.6 is 0 Å². The first kappa shape index (κ1) is 12.0. The largest absolute Gasteiger partial charge is 0.472 e. The molecular formula is C13H15N3O3. The van der Waals surface area contributed by atoms with E-state index in [9.17, 15) is 4.79 Å². The summed E-state index contributed by atoms with van der Waals surface area (Å²) in [5.74, 6) is 1.50. The number of likely N-dealkylation sites (tertiary alicyclic amines) is 1. The monoisotopic (exact) mass is 261 g/mol. The highest BCUT2D eigenvalue weighted by Crippen LogP contribution is 2.29. The third-order valence-electron chi connectivity index (χ3n) is 3.50. The quantitative estimate of drug-likeness (QED) is 0.827. The molecule has 1 aliphatic heterocycles. The third kappa shape index (κ3) is 2.38. The summed E-state index contributed by atoms with van der Waals surface area (Å²) in [6, 6.07) is 1.79. The van der Waals surface area contributed by atoms with E-state index in [0.717, 1.165) is 31.5 Å². The molecule has 0 saturated carbocycles. The number of amides is 1. The van der Waals surface area contributed by atoms with Gasteiger partial charge in [-0.3, -0.25) is 4.79 Å². The van der Waals surface area contributed by atoms with Crippen molar-refractivity contribution >= 4 is 5.91 Å². The van der Waals surface area contributed by atoms with Gasteiger partial charge in [0.05, 0.1) is 11.8 Å². The molecule has 1 fully saturated rings. The van der Waals surface area contributed by atoms with Crippen LogP contribution in [0.4, 0.5) is 0 Å². The fourth-order valence-electron chi connectivity index (χ4n) is 2.34. The molecule has 0 aliphatic carbocycles. The van der Waals surface area contributed by atoms with Crippen molar-refractivity contribution in [3.05, 3.63) is 24.5 Å². The van der Waals surface area contributed by atoms with E-state index in [4.69, 9.17) is 8.83 Å². The molecule has 0 aromatic carbocycles. The number of hydrogen-bond acceptors (Lipinski definition) is 5. The Kier molecular flexibility index (Phi) is 3.06. The minimum atomic E-state index is 0.128. The Balaban J connectivity index is 1.69. The first-order valence-corrected chi connectivity index (χ1v) is 6.35. The zero-order valence-electron chi connectivity index (χ0n) is 10.7. The van der Waals surface area contributed by atoms with Crippen LogP contribution in [-0.2, 0) is 4.79 Å². The molecule has 100 valence electrons. The minimum Gasteiger partial charge on any atom is -0.472 e. The van der Waals surface area contributed by atoms with E-state index in [-0.39, 0.29) is 11.8 Å². The highest BCUT2D eigenvalue weighted by molar-refractivity contribution is 5.73. The van der Waals surface area contributed by atoms with Gasteiger partial charge in [-0.15, -0.1) is 10.2 Å². The summed E-state index contributed by atoms with van der Waals surface area (Å²) in [6.07, 6.45) is 4.89. The fourth-order valence-corrected chi connectivity index (χ4v) is 2.34. The van der Waals surface area contributed by atoms with Crippen LogP contribution in [0.5, 0.6) is 0 Å². The second kappa shape index (κ2) is 4.87. The van der Waals surface area contributed by atoms with Crippen molar-refractivity contribution in [2.75, 3.05) is 13.1 Å². The highest BCUT2D eigenvalue weighted by atomic mass is 16.4. The van der Waals surface area contributed by atoms with Gasteiger partial charge >= 0.3 is 0 Å². The van der Waals surface area contributed by atoms with E-state index in [1.54, 1.807) is 25.5 Å². The summed E-state index contributed by atoms with van der Waals surface area (Å²) < 4.78 is 10.7. The molecule has 3 heterocycles. The van der Waals surface area contributed by atoms with Crippen LogP contribution < -0.4 is 0 Å². The molecule has 0 bridgehead atoms. The zero-order chi connectivity index (χ0) is 13.2. The van der Waals surface area contributed by atoms with Crippen molar-refractivity contribution in [1.82, 2.24) is 15.1 Å². The smallest absolute Gasteiger partial charge is 0.250 e. The molecule has 0 atom stereocenters. The normalized spacial score (nSPS) is 16.8. The van der Waals surface area contributed by atoms with Gasteiger partial charge in [0.25, 0.3) is 5.89 Å². The van der Waals surface area contributed by atoms with Crippen LogP contribution in [0, 0.1) is 0 Å². The number of rotatable bonds is 2. The molecule has 1 saturated heterocycles. The molecule has 2 aromatic rings. The molecule has 2 aromatic heterocycles. The van der Waals surface area contributed by atoms with E-state index in [0.29, 0.717) is 11.8 Å². The fraction of sp³-hybridized carbons (Fsp3) is 0.462. The third-order valence-corrected chi connectivity index (χ3v) is 3.50. The van der Waals surface area contributed by atoms with Crippen LogP contribution in [-0.4, -0.2) is 34.1 Å². The number of nitrogens with zero attached hydrogens (tertiary/aromatic N) is 3. The van der Waals surface area contributed by atoms with Gasteiger partial charge in [-0.25, -0.2) is 0 Å². The summed E-state index contributed by atoms with van der Waals surface area (Å²) in [5.41, 5.74) is 0.792. The Hall–Kier alpha value is -2.11. The maximum Gasteiger partial charge on any atom is 0.250 e. The highest BCUT2D eigenvalue weighted by Gasteiger charge is 2.26. The number of piperidine rings is 1. The van der Waals surface area contributed by atoms with Crippen LogP contribution in [0.25, 0.3) is 11.5 Å². The molecule has 0 spiro atoms. The first-order valence-electron chi connectivity index (χ1n) is 6.35. The Morgan fingerprint density at radius 1 is 1.37 bits per heavy atom. The number of furan rings is 1. The number of carbonyl (C=O) groups excluding carboxylic acids is 1. The summed E-state index contributed by atoms with van der Waals surface area (Å²) in [7, 11) is 0. The number of carbonyl (C=O) groups is 1. The van der Waals surface area contributed by atoms with Gasteiger partial charge in [0.1, 0.15) is 6.26 Å². The lowest BCUT2D eigenvalue weighted by atomic mass is 9.97. The molecular weight excluding hydrogens is 246 g/mol. The molecule has 19 heavy (non-hydrogen) atoms. The summed E-state index contributed by atoms with van der Waals surface area (Å²) in [4.78, 5) is 13.1. The maximum atomic E-state index is 11.3. The van der Waals surface area contributed by atoms with Crippen molar-refractivity contribution < 1.29 is 13.6 Å². The van der Waals surface area contributed by atoms with Crippen molar-refractivity contribution in [1.29, 1.82) is 0 Å². The Morgan fingerprint density at radius 2 is 2.16 bits per heavy atom. The molecule has 6 heteroatoms. The topological polar surface area (TPSA) is 72.4 Å². The SMILES string of the molecule is CC(=O)N1CCC(c2nnc(-c3ccoc3)o2)CC1. The lowest BCUT2D eigenvalue weighted by Gasteiger charge is -2.29. The van der Waals surface area contributed by atoms with Crippen molar-refractivity contribution in [2.45, 2.75) is 25.7 Å². The van der Waals surface area contributed by atoms with Gasteiger partial charge < -0.3 is 13.7 Å². The maximum absolute atomic E-state index is 11.3. The van der Waals surface area contributed by atoms with Crippen molar-refractivity contribution in [2.24, 2.45) is 0 Å². The Bertz CT molecular complexity index is 553. The number of aromatic nitrogens is 2. The van der Waals surface area contributed by atoms with E-state index < -0.39 is 0 Å². The Morgan fingerprint density at radius 3 is 2.79 bits per heavy atom. The molecule has 1 aliphatic rings. The minimum absolute atomic E-state index is 0.128. The Labute approximate surface area is 110 Å². The molecule has 1 amide bonds. The van der Waals surface area contributed by atoms with Gasteiger partial charge in [-0.1, -0.05) is 0 Å². The van der Waals surface area contributed by atoms with Crippen LogP contribution in [0.2, 0.25) is 0 Å². The number of hydrogen-bond donors (Lipinski definition) is 0. The van der Waals surface area contributed by atoms with Crippen molar-refractivity contribution in [3.8, 4) is 11.5 Å². The molecule has 3 rings (SSSR count). The van der Waals surface area contributed by atoms with Gasteiger partial charge in [-0.05, 0) is 18.9 Å². The van der Waals surface area contributed by atoms with Gasteiger partial charge in [-0.2, -0.15) is 0 Å². The summed E-state index contributed by atoms with van der Waals surface area (Å²) in [6.45, 7) is 3.11. The van der Waals surface area contributed by atoms with Gasteiger partial charge in [0, 0.05) is 25.9 Å². The van der Waals surface area contributed by atoms with Crippen LogP contribution in [0.1, 0.15) is 31.6 Å². The first-order chi connectivity index (χ1) is 9.24. The predicted octanol–water partition coefficient (Wildman–Crippen LogP) is 2.06. The second-order valence-electron chi connectivity index (χ2n) is 4.74. The van der Waals surface area contributed by atoms with Gasteiger partial charge in [0.2, 0.25) is 11.8 Å². The average molecular weight is 261 g/mol. The molecule has 6 nitrogen and oxygen atoms in total. The zero-order valence-corrected chi connectivity index (χ0v) is 10.7. The second-order valence-corrected chi connectivity index (χ2v) is 4.74. The van der Waals surface area contributed by atoms with E-state index in [1.165, 1.54) is 0 Å². The van der Waals surface area contributed by atoms with Crippen LogP contribution in [0.15, 0.2) is 27.4 Å². The molecule has 0 N–H and O–H groups in total. The van der Waals surface area contributed by atoms with E-state index in [2.05, 4.69) is 10.2 Å². The lowest BCUT2D eigenvalue weighted by molar-refractivity contribution is -0.129. The molecule has 0 radical (unpaired) electrons. The van der Waals surface area contributed by atoms with Crippen molar-refractivity contribution in [3.63, 3.8) is 0 Å². The summed E-state index contributed by atoms with van der Waals surface area (Å²) >= 11 is 0. The van der Waals surface area contributed by atoms with E-state index in [1.807, 2.05) is 4.90 Å².